The predicted octanol–water partition coefficient (Wildman–Crippen LogP) is 2.88. The normalized spacial score (nSPS) is 11.1. The molecule has 0 saturated carbocycles. The Morgan fingerprint density at radius 2 is 2.06 bits per heavy atom. The van der Waals surface area contributed by atoms with E-state index in [0.717, 1.165) is 0 Å². The molecule has 0 atom stereocenters. The maximum absolute atomic E-state index is 12.9. The Morgan fingerprint density at radius 3 is 2.56 bits per heavy atom. The van der Waals surface area contributed by atoms with Crippen molar-refractivity contribution in [2.24, 2.45) is 0 Å². The molecule has 0 unspecified atom stereocenters. The van der Waals surface area contributed by atoms with Crippen LogP contribution in [0.1, 0.15) is 26.3 Å². The molecule has 0 spiro atoms. The highest BCUT2D eigenvalue weighted by Gasteiger charge is 2.16. The van der Waals surface area contributed by atoms with Crippen LogP contribution in [-0.4, -0.2) is 16.7 Å². The van der Waals surface area contributed by atoms with Crippen LogP contribution in [0, 0.1) is 12.9 Å². The minimum Gasteiger partial charge on any atom is -0.444 e. The Labute approximate surface area is 93.8 Å². The molecule has 0 aliphatic rings. The number of nitrogens with one attached hydrogen (secondary N) is 1. The van der Waals surface area contributed by atoms with Gasteiger partial charge in [-0.25, -0.2) is 9.78 Å². The second-order valence-electron chi connectivity index (χ2n) is 4.48. The fourth-order valence-electron chi connectivity index (χ4n) is 1.10. The molecule has 4 nitrogen and oxygen atoms in total. The van der Waals surface area contributed by atoms with Crippen LogP contribution in [0.5, 0.6) is 0 Å². The molecule has 1 N–H and O–H groups in total. The summed E-state index contributed by atoms with van der Waals surface area (Å²) in [6.07, 6.45) is -0.648. The quantitative estimate of drug-likeness (QED) is 0.749. The number of carbonyl (C=O) groups excluding carboxylic acids is 1. The summed E-state index contributed by atoms with van der Waals surface area (Å²) in [4.78, 5) is 14.9. The zero-order valence-corrected chi connectivity index (χ0v) is 9.80. The number of pyridine rings is 1. The molecule has 1 aromatic heterocycles. The van der Waals surface area contributed by atoms with E-state index in [1.807, 2.05) is 0 Å². The maximum atomic E-state index is 12.9. The number of nitrogens with zero attached hydrogens (tertiary/aromatic N) is 1. The van der Waals surface area contributed by atoms with Crippen molar-refractivity contribution in [2.75, 3.05) is 5.32 Å². The van der Waals surface area contributed by atoms with Gasteiger partial charge in [-0.1, -0.05) is 0 Å². The van der Waals surface area contributed by atoms with E-state index in [-0.39, 0.29) is 5.82 Å². The van der Waals surface area contributed by atoms with Crippen molar-refractivity contribution >= 4 is 11.9 Å². The van der Waals surface area contributed by atoms with Crippen molar-refractivity contribution in [1.82, 2.24) is 4.98 Å². The topological polar surface area (TPSA) is 51.2 Å². The van der Waals surface area contributed by atoms with Gasteiger partial charge in [0.05, 0.1) is 0 Å². The van der Waals surface area contributed by atoms with Crippen molar-refractivity contribution in [1.29, 1.82) is 0 Å². The van der Waals surface area contributed by atoms with Crippen LogP contribution < -0.4 is 5.32 Å². The molecule has 0 radical (unpaired) electrons. The molecular weight excluding hydrogens is 211 g/mol. The zero-order valence-electron chi connectivity index (χ0n) is 9.80. The Kier molecular flexibility index (Phi) is 3.47. The van der Waals surface area contributed by atoms with Crippen LogP contribution in [-0.2, 0) is 4.74 Å². The highest BCUT2D eigenvalue weighted by molar-refractivity contribution is 5.83. The summed E-state index contributed by atoms with van der Waals surface area (Å²) in [6, 6.07) is 2.84. The number of carbonyl (C=O) groups is 1. The van der Waals surface area contributed by atoms with E-state index >= 15 is 0 Å². The second kappa shape index (κ2) is 4.47. The van der Waals surface area contributed by atoms with Crippen molar-refractivity contribution in [3.05, 3.63) is 23.6 Å². The lowest BCUT2D eigenvalue weighted by molar-refractivity contribution is 0.0635. The first-order valence-corrected chi connectivity index (χ1v) is 4.90. The number of aromatic nitrogens is 1. The molecule has 0 aromatic carbocycles. The third-order valence-corrected chi connectivity index (χ3v) is 1.57. The van der Waals surface area contributed by atoms with Gasteiger partial charge in [-0.2, -0.15) is 4.39 Å². The molecule has 0 aliphatic heterocycles. The lowest BCUT2D eigenvalue weighted by Gasteiger charge is -2.19. The van der Waals surface area contributed by atoms with E-state index < -0.39 is 17.6 Å². The number of hydrogen-bond donors (Lipinski definition) is 1. The molecule has 0 bridgehead atoms. The van der Waals surface area contributed by atoms with Crippen molar-refractivity contribution in [3.63, 3.8) is 0 Å². The fourth-order valence-corrected chi connectivity index (χ4v) is 1.10. The standard InChI is InChI=1S/C11H15FN2O2/c1-7-5-8(12)13-9(6-7)14-10(15)16-11(2,3)4/h5-6H,1-4H3,(H,13,14,15). The molecule has 16 heavy (non-hydrogen) atoms. The van der Waals surface area contributed by atoms with E-state index in [1.54, 1.807) is 33.8 Å². The largest absolute Gasteiger partial charge is 0.444 e. The summed E-state index contributed by atoms with van der Waals surface area (Å²) in [5.74, 6) is -0.488. The predicted molar refractivity (Wildman–Crippen MR) is 58.8 cm³/mol. The van der Waals surface area contributed by atoms with E-state index in [9.17, 15) is 9.18 Å². The second-order valence-corrected chi connectivity index (χ2v) is 4.48. The Bertz CT molecular complexity index is 379. The van der Waals surface area contributed by atoms with Crippen molar-refractivity contribution in [3.8, 4) is 0 Å². The van der Waals surface area contributed by atoms with Gasteiger partial charge < -0.3 is 4.74 Å². The van der Waals surface area contributed by atoms with E-state index in [4.69, 9.17) is 4.74 Å². The Balaban J connectivity index is 2.70. The van der Waals surface area contributed by atoms with Gasteiger partial charge in [-0.05, 0) is 45.4 Å². The Morgan fingerprint density at radius 1 is 1.44 bits per heavy atom. The summed E-state index contributed by atoms with van der Waals surface area (Å²) in [7, 11) is 0. The Hall–Kier alpha value is -1.65. The number of halogens is 1. The molecule has 0 aliphatic carbocycles. The fraction of sp³-hybridized carbons (Fsp3) is 0.455. The van der Waals surface area contributed by atoms with Crippen LogP contribution in [0.2, 0.25) is 0 Å². The lowest BCUT2D eigenvalue weighted by Crippen LogP contribution is -2.27. The summed E-state index contributed by atoms with van der Waals surface area (Å²) in [5, 5.41) is 2.37. The van der Waals surface area contributed by atoms with Crippen LogP contribution in [0.15, 0.2) is 12.1 Å². The molecule has 1 aromatic rings. The van der Waals surface area contributed by atoms with Crippen molar-refractivity contribution in [2.45, 2.75) is 33.3 Å². The van der Waals surface area contributed by atoms with E-state index in [0.29, 0.717) is 5.56 Å². The molecule has 5 heteroatoms. The number of hydrogen-bond acceptors (Lipinski definition) is 3. The average molecular weight is 226 g/mol. The van der Waals surface area contributed by atoms with Gasteiger partial charge in [0, 0.05) is 0 Å². The summed E-state index contributed by atoms with van der Waals surface area (Å²) >= 11 is 0. The molecule has 0 saturated heterocycles. The van der Waals surface area contributed by atoms with Crippen LogP contribution in [0.3, 0.4) is 0 Å². The van der Waals surface area contributed by atoms with Crippen LogP contribution in [0.4, 0.5) is 15.0 Å². The minimum atomic E-state index is -0.648. The van der Waals surface area contributed by atoms with Crippen molar-refractivity contribution < 1.29 is 13.9 Å². The average Bonchev–Trinajstić information content (AvgIpc) is 1.96. The zero-order chi connectivity index (χ0) is 12.3. The number of aryl methyl sites for hydroxylation is 1. The van der Waals surface area contributed by atoms with Gasteiger partial charge in [-0.3, -0.25) is 5.32 Å². The molecule has 88 valence electrons. The monoisotopic (exact) mass is 226 g/mol. The van der Waals surface area contributed by atoms with E-state index in [2.05, 4.69) is 10.3 Å². The van der Waals surface area contributed by atoms with Gasteiger partial charge in [0.1, 0.15) is 11.4 Å². The third-order valence-electron chi connectivity index (χ3n) is 1.57. The maximum Gasteiger partial charge on any atom is 0.413 e. The third kappa shape index (κ3) is 4.25. The number of ether oxygens (including phenoxy) is 1. The van der Waals surface area contributed by atoms with Gasteiger partial charge >= 0.3 is 6.09 Å². The van der Waals surface area contributed by atoms with Crippen LogP contribution in [0.25, 0.3) is 0 Å². The highest BCUT2D eigenvalue weighted by atomic mass is 19.1. The molecule has 0 fully saturated rings. The van der Waals surface area contributed by atoms with Gasteiger partial charge in [0.25, 0.3) is 0 Å². The number of rotatable bonds is 1. The van der Waals surface area contributed by atoms with Gasteiger partial charge in [0.15, 0.2) is 0 Å². The first-order chi connectivity index (χ1) is 7.26. The van der Waals surface area contributed by atoms with Gasteiger partial charge in [0.2, 0.25) is 5.95 Å². The summed E-state index contributed by atoms with van der Waals surface area (Å²) in [6.45, 7) is 6.95. The lowest BCUT2D eigenvalue weighted by atomic mass is 10.2. The first kappa shape index (κ1) is 12.4. The van der Waals surface area contributed by atoms with Gasteiger partial charge in [-0.15, -0.1) is 0 Å². The molecule has 1 rings (SSSR count). The highest BCUT2D eigenvalue weighted by Crippen LogP contribution is 2.12. The summed E-state index contributed by atoms with van der Waals surface area (Å²) in [5.41, 5.74) is 0.0884. The first-order valence-electron chi connectivity index (χ1n) is 4.90. The number of anilines is 1. The smallest absolute Gasteiger partial charge is 0.413 e. The molecule has 1 heterocycles. The number of amides is 1. The molecular formula is C11H15FN2O2. The molecule has 1 amide bonds. The van der Waals surface area contributed by atoms with E-state index in [1.165, 1.54) is 6.07 Å². The minimum absolute atomic E-state index is 0.145. The SMILES string of the molecule is Cc1cc(F)nc(NC(=O)OC(C)(C)C)c1. The van der Waals surface area contributed by atoms with Crippen LogP contribution >= 0.6 is 0 Å². The summed E-state index contributed by atoms with van der Waals surface area (Å²) < 4.78 is 17.9.